The van der Waals surface area contributed by atoms with Crippen LogP contribution in [0.4, 0.5) is 0 Å². The lowest BCUT2D eigenvalue weighted by molar-refractivity contribution is -0.144. The summed E-state index contributed by atoms with van der Waals surface area (Å²) in [5.41, 5.74) is 2.87. The smallest absolute Gasteiger partial charge is 0.251 e. The minimum atomic E-state index is -1.03. The summed E-state index contributed by atoms with van der Waals surface area (Å²) in [7, 11) is 1.69. The predicted octanol–water partition coefficient (Wildman–Crippen LogP) is 3.13. The van der Waals surface area contributed by atoms with Gasteiger partial charge in [0.25, 0.3) is 5.91 Å². The van der Waals surface area contributed by atoms with Crippen molar-refractivity contribution in [2.45, 2.75) is 82.3 Å². The number of carbonyl (C=O) groups excluding carboxylic acids is 5. The topological polar surface area (TPSA) is 178 Å². The Morgan fingerprint density at radius 1 is 0.780 bits per heavy atom. The number of fused-ring (bicyclic) bond motifs is 1. The molecule has 5 amide bonds. The van der Waals surface area contributed by atoms with Crippen molar-refractivity contribution in [2.75, 3.05) is 26.7 Å². The minimum Gasteiger partial charge on any atom is -0.353 e. The van der Waals surface area contributed by atoms with E-state index in [4.69, 9.17) is 0 Å². The van der Waals surface area contributed by atoms with Crippen LogP contribution in [-0.4, -0.2) is 100 Å². The average molecular weight is 802 g/mol. The molecule has 0 bridgehead atoms. The number of benzene rings is 2. The Bertz CT molecular complexity index is 1940. The molecule has 0 unspecified atom stereocenters. The van der Waals surface area contributed by atoms with Crippen LogP contribution in [-0.2, 0) is 32.3 Å². The average Bonchev–Trinajstić information content (AvgIpc) is 3.65. The Hall–Kier alpha value is -5.99. The molecule has 2 fully saturated rings. The van der Waals surface area contributed by atoms with Gasteiger partial charge in [-0.1, -0.05) is 67.6 Å². The van der Waals surface area contributed by atoms with E-state index >= 15 is 0 Å². The quantitative estimate of drug-likeness (QED) is 0.101. The molecule has 14 heteroatoms. The zero-order valence-corrected chi connectivity index (χ0v) is 33.8. The zero-order chi connectivity index (χ0) is 41.6. The number of amides is 5. The molecular formula is C45H55N9O5. The predicted molar refractivity (Wildman–Crippen MR) is 223 cm³/mol. The number of hydrogen-bond donors (Lipinski definition) is 5. The van der Waals surface area contributed by atoms with Crippen molar-refractivity contribution in [1.29, 1.82) is 0 Å². The zero-order valence-electron chi connectivity index (χ0n) is 33.8. The first-order valence-electron chi connectivity index (χ1n) is 20.5. The number of nitrogens with zero attached hydrogens (tertiary/aromatic N) is 4. The van der Waals surface area contributed by atoms with Crippen LogP contribution in [0.1, 0.15) is 72.4 Å². The van der Waals surface area contributed by atoms with E-state index in [-0.39, 0.29) is 36.2 Å². The molecular weight excluding hydrogens is 747 g/mol. The third-order valence-corrected chi connectivity index (χ3v) is 11.2. The van der Waals surface area contributed by atoms with Gasteiger partial charge in [0.05, 0.1) is 17.4 Å². The summed E-state index contributed by atoms with van der Waals surface area (Å²) < 4.78 is 0. The molecule has 6 atom stereocenters. The van der Waals surface area contributed by atoms with E-state index < -0.39 is 36.0 Å². The summed E-state index contributed by atoms with van der Waals surface area (Å²) in [5, 5.41) is 15.0. The maximum absolute atomic E-state index is 14.7. The maximum atomic E-state index is 14.7. The second-order valence-corrected chi connectivity index (χ2v) is 15.1. The van der Waals surface area contributed by atoms with Crippen LogP contribution in [0.3, 0.4) is 0 Å². The summed E-state index contributed by atoms with van der Waals surface area (Å²) in [4.78, 5) is 82.3. The molecule has 5 N–H and O–H groups in total. The van der Waals surface area contributed by atoms with Gasteiger partial charge in [0, 0.05) is 62.6 Å². The van der Waals surface area contributed by atoms with Crippen molar-refractivity contribution < 1.29 is 24.0 Å². The Morgan fingerprint density at radius 2 is 1.41 bits per heavy atom. The number of likely N-dealkylation sites (N-methyl/N-ethyl adjacent to an activating group) is 1. The highest BCUT2D eigenvalue weighted by Crippen LogP contribution is 2.34. The second-order valence-electron chi connectivity index (χ2n) is 15.1. The number of pyridine rings is 2. The van der Waals surface area contributed by atoms with E-state index in [1.54, 1.807) is 60.7 Å². The van der Waals surface area contributed by atoms with Crippen LogP contribution < -0.4 is 26.6 Å². The van der Waals surface area contributed by atoms with Gasteiger partial charge in [0.1, 0.15) is 18.1 Å². The molecule has 0 radical (unpaired) electrons. The number of aromatic nitrogens is 2. The SMILES string of the molecule is CC[C@H](NC)C(=O)N[C@@H]1C(=O)N2[C@@H](CC[C@@H]1CNC(=O)c1ccccc1)CC[C@H]2C(=O)N[C@H](C(=O)NCCN(Cc1ccccn1)Cc1ccccn1)c1ccccc1. The number of hydrogen-bond acceptors (Lipinski definition) is 9. The highest BCUT2D eigenvalue weighted by molar-refractivity contribution is 5.96. The highest BCUT2D eigenvalue weighted by Gasteiger charge is 2.48. The van der Waals surface area contributed by atoms with Crippen molar-refractivity contribution in [1.82, 2.24) is 46.4 Å². The number of nitrogens with one attached hydrogen (secondary N) is 5. The molecule has 2 aliphatic heterocycles. The fourth-order valence-electron chi connectivity index (χ4n) is 8.06. The van der Waals surface area contributed by atoms with E-state index in [2.05, 4.69) is 41.5 Å². The molecule has 59 heavy (non-hydrogen) atoms. The molecule has 14 nitrogen and oxygen atoms in total. The van der Waals surface area contributed by atoms with Crippen LogP contribution in [0.25, 0.3) is 0 Å². The van der Waals surface area contributed by atoms with Gasteiger partial charge in [0.2, 0.25) is 23.6 Å². The van der Waals surface area contributed by atoms with Gasteiger partial charge in [-0.05, 0) is 81.1 Å². The molecule has 4 aromatic rings. The maximum Gasteiger partial charge on any atom is 0.251 e. The molecule has 4 heterocycles. The molecule has 310 valence electrons. The van der Waals surface area contributed by atoms with Gasteiger partial charge >= 0.3 is 0 Å². The normalized spacial score (nSPS) is 19.8. The largest absolute Gasteiger partial charge is 0.353 e. The second kappa shape index (κ2) is 21.1. The van der Waals surface area contributed by atoms with E-state index in [1.165, 1.54) is 0 Å². The van der Waals surface area contributed by atoms with E-state index in [0.29, 0.717) is 69.4 Å². The Kier molecular flexibility index (Phi) is 15.3. The summed E-state index contributed by atoms with van der Waals surface area (Å²) in [5.74, 6) is -2.21. The molecule has 2 aromatic heterocycles. The van der Waals surface area contributed by atoms with E-state index in [0.717, 1.165) is 11.4 Å². The first-order valence-corrected chi connectivity index (χ1v) is 20.5. The third-order valence-electron chi connectivity index (χ3n) is 11.2. The lowest BCUT2D eigenvalue weighted by Crippen LogP contribution is -2.59. The third kappa shape index (κ3) is 11.4. The Morgan fingerprint density at radius 3 is 2.02 bits per heavy atom. The monoisotopic (exact) mass is 801 g/mol. The van der Waals surface area contributed by atoms with Crippen molar-refractivity contribution in [3.63, 3.8) is 0 Å². The fourth-order valence-corrected chi connectivity index (χ4v) is 8.06. The van der Waals surface area contributed by atoms with Gasteiger partial charge in [0.15, 0.2) is 0 Å². The van der Waals surface area contributed by atoms with Crippen LogP contribution in [0, 0.1) is 5.92 Å². The van der Waals surface area contributed by atoms with Crippen molar-refractivity contribution in [3.05, 3.63) is 132 Å². The number of rotatable bonds is 18. The molecule has 0 spiro atoms. The summed E-state index contributed by atoms with van der Waals surface area (Å²) in [6.07, 6.45) is 6.14. The lowest BCUT2D eigenvalue weighted by atomic mass is 9.92. The molecule has 2 saturated heterocycles. The Balaban J connectivity index is 1.16. The van der Waals surface area contributed by atoms with Crippen LogP contribution in [0.5, 0.6) is 0 Å². The first kappa shape index (κ1) is 42.6. The van der Waals surface area contributed by atoms with Crippen molar-refractivity contribution >= 4 is 29.5 Å². The van der Waals surface area contributed by atoms with Gasteiger partial charge in [-0.15, -0.1) is 0 Å². The van der Waals surface area contributed by atoms with Gasteiger partial charge in [-0.2, -0.15) is 0 Å². The molecule has 2 aromatic carbocycles. The highest BCUT2D eigenvalue weighted by atomic mass is 16.2. The molecule has 6 rings (SSSR count). The summed E-state index contributed by atoms with van der Waals surface area (Å²) >= 11 is 0. The van der Waals surface area contributed by atoms with Gasteiger partial charge in [-0.25, -0.2) is 0 Å². The van der Waals surface area contributed by atoms with Gasteiger partial charge < -0.3 is 31.5 Å². The molecule has 2 aliphatic rings. The standard InChI is InChI=1S/C45H55N9O5/c1-3-37(46-2)42(56)52-40-33(28-50-41(55)32-16-8-5-9-17-32)20-21-36-22-23-38(54(36)45(40)59)43(57)51-39(31-14-6-4-7-15-31)44(58)49-26-27-53(29-34-18-10-12-24-47-34)30-35-19-11-13-25-48-35/h4-19,24-25,33,36-40,46H,3,20-23,26-30H2,1-2H3,(H,49,58)(H,50,55)(H,51,57)(H,52,56)/t33-,36+,37+,38+,39+,40+/m1/s1. The first-order chi connectivity index (χ1) is 28.7. The number of carbonyl (C=O) groups is 5. The van der Waals surface area contributed by atoms with Gasteiger partial charge in [-0.3, -0.25) is 38.8 Å². The van der Waals surface area contributed by atoms with E-state index in [1.807, 2.05) is 67.6 Å². The molecule has 0 aliphatic carbocycles. The summed E-state index contributed by atoms with van der Waals surface area (Å²) in [6, 6.07) is 25.8. The minimum absolute atomic E-state index is 0.162. The lowest BCUT2D eigenvalue weighted by Gasteiger charge is -2.33. The molecule has 0 saturated carbocycles. The van der Waals surface area contributed by atoms with Crippen molar-refractivity contribution in [2.24, 2.45) is 5.92 Å². The van der Waals surface area contributed by atoms with Crippen LogP contribution in [0.2, 0.25) is 0 Å². The van der Waals surface area contributed by atoms with Crippen LogP contribution in [0.15, 0.2) is 109 Å². The van der Waals surface area contributed by atoms with Crippen LogP contribution >= 0.6 is 0 Å². The Labute approximate surface area is 346 Å². The van der Waals surface area contributed by atoms with Crippen molar-refractivity contribution in [3.8, 4) is 0 Å². The van der Waals surface area contributed by atoms with E-state index in [9.17, 15) is 24.0 Å². The summed E-state index contributed by atoms with van der Waals surface area (Å²) in [6.45, 7) is 3.93. The fraction of sp³-hybridized carbons (Fsp3) is 0.400.